The number of rotatable bonds is 9. The molecule has 1 N–H and O–H groups in total. The molecule has 0 aromatic heterocycles. The summed E-state index contributed by atoms with van der Waals surface area (Å²) in [6.45, 7) is 13.3. The van der Waals surface area contributed by atoms with Crippen LogP contribution in [0.15, 0.2) is 24.3 Å². The molecule has 0 atom stereocenters. The zero-order valence-corrected chi connectivity index (χ0v) is 13.1. The van der Waals surface area contributed by atoms with Gasteiger partial charge in [0.25, 0.3) is 0 Å². The van der Waals surface area contributed by atoms with Crippen LogP contribution in [0.4, 0.5) is 5.69 Å². The van der Waals surface area contributed by atoms with Gasteiger partial charge in [0, 0.05) is 25.3 Å². The van der Waals surface area contributed by atoms with Crippen LogP contribution in [-0.2, 0) is 6.54 Å². The van der Waals surface area contributed by atoms with Crippen LogP contribution < -0.4 is 10.2 Å². The van der Waals surface area contributed by atoms with E-state index in [1.54, 1.807) is 0 Å². The fourth-order valence-electron chi connectivity index (χ4n) is 2.24. The second-order valence-corrected chi connectivity index (χ2v) is 5.68. The van der Waals surface area contributed by atoms with Crippen molar-refractivity contribution in [1.82, 2.24) is 5.32 Å². The summed E-state index contributed by atoms with van der Waals surface area (Å²) in [5, 5.41) is 3.49. The predicted octanol–water partition coefficient (Wildman–Crippen LogP) is 4.06. The van der Waals surface area contributed by atoms with Gasteiger partial charge in [-0.2, -0.15) is 0 Å². The fraction of sp³-hybridized carbons (Fsp3) is 0.647. The SMILES string of the molecule is CCCN(CCC)c1ccc(CNCC(C)C)cc1. The molecule has 0 unspecified atom stereocenters. The Morgan fingerprint density at radius 2 is 1.58 bits per heavy atom. The average Bonchev–Trinajstić information content (AvgIpc) is 2.39. The van der Waals surface area contributed by atoms with Crippen LogP contribution in [0.2, 0.25) is 0 Å². The zero-order valence-electron chi connectivity index (χ0n) is 13.1. The van der Waals surface area contributed by atoms with Crippen LogP contribution >= 0.6 is 0 Å². The van der Waals surface area contributed by atoms with Crippen LogP contribution in [0, 0.1) is 5.92 Å². The highest BCUT2D eigenvalue weighted by Gasteiger charge is 2.04. The fourth-order valence-corrected chi connectivity index (χ4v) is 2.24. The van der Waals surface area contributed by atoms with Crippen LogP contribution in [0.5, 0.6) is 0 Å². The maximum atomic E-state index is 3.49. The minimum Gasteiger partial charge on any atom is -0.372 e. The number of nitrogens with zero attached hydrogens (tertiary/aromatic N) is 1. The van der Waals surface area contributed by atoms with Gasteiger partial charge < -0.3 is 10.2 Å². The first-order valence-electron chi connectivity index (χ1n) is 7.72. The monoisotopic (exact) mass is 262 g/mol. The van der Waals surface area contributed by atoms with Gasteiger partial charge in [0.05, 0.1) is 0 Å². The Kier molecular flexibility index (Phi) is 7.57. The molecule has 1 rings (SSSR count). The number of anilines is 1. The standard InChI is InChI=1S/C17H30N2/c1-5-11-19(12-6-2)17-9-7-16(8-10-17)14-18-13-15(3)4/h7-10,15,18H,5-6,11-14H2,1-4H3. The molecule has 0 bridgehead atoms. The molecule has 2 nitrogen and oxygen atoms in total. The van der Waals surface area contributed by atoms with Gasteiger partial charge in [-0.15, -0.1) is 0 Å². The maximum Gasteiger partial charge on any atom is 0.0366 e. The van der Waals surface area contributed by atoms with Gasteiger partial charge in [-0.3, -0.25) is 0 Å². The molecule has 0 aliphatic carbocycles. The summed E-state index contributed by atoms with van der Waals surface area (Å²) >= 11 is 0. The highest BCUT2D eigenvalue weighted by atomic mass is 15.1. The second kappa shape index (κ2) is 8.98. The van der Waals surface area contributed by atoms with E-state index in [-0.39, 0.29) is 0 Å². The third-order valence-corrected chi connectivity index (χ3v) is 3.17. The van der Waals surface area contributed by atoms with Gasteiger partial charge in [-0.1, -0.05) is 39.8 Å². The Hall–Kier alpha value is -1.02. The van der Waals surface area contributed by atoms with Gasteiger partial charge in [0.2, 0.25) is 0 Å². The number of hydrogen-bond acceptors (Lipinski definition) is 2. The Balaban J connectivity index is 2.53. The lowest BCUT2D eigenvalue weighted by Gasteiger charge is -2.24. The molecule has 19 heavy (non-hydrogen) atoms. The van der Waals surface area contributed by atoms with Crippen LogP contribution in [0.25, 0.3) is 0 Å². The summed E-state index contributed by atoms with van der Waals surface area (Å²) in [6, 6.07) is 9.03. The van der Waals surface area contributed by atoms with Crippen molar-refractivity contribution in [2.45, 2.75) is 47.1 Å². The minimum atomic E-state index is 0.712. The molecule has 0 fully saturated rings. The molecule has 108 valence electrons. The highest BCUT2D eigenvalue weighted by Crippen LogP contribution is 2.16. The number of nitrogens with one attached hydrogen (secondary N) is 1. The molecule has 0 spiro atoms. The lowest BCUT2D eigenvalue weighted by molar-refractivity contribution is 0.552. The maximum absolute atomic E-state index is 3.49. The first-order valence-corrected chi connectivity index (χ1v) is 7.72. The molecule has 0 heterocycles. The van der Waals surface area contributed by atoms with Crippen molar-refractivity contribution in [3.05, 3.63) is 29.8 Å². The summed E-state index contributed by atoms with van der Waals surface area (Å²) in [4.78, 5) is 2.48. The summed E-state index contributed by atoms with van der Waals surface area (Å²) in [6.07, 6.45) is 2.41. The van der Waals surface area contributed by atoms with E-state index in [0.29, 0.717) is 5.92 Å². The highest BCUT2D eigenvalue weighted by molar-refractivity contribution is 5.47. The van der Waals surface area contributed by atoms with Crippen molar-refractivity contribution in [3.63, 3.8) is 0 Å². The normalized spacial score (nSPS) is 11.0. The van der Waals surface area contributed by atoms with Crippen molar-refractivity contribution >= 4 is 5.69 Å². The van der Waals surface area contributed by atoms with E-state index in [2.05, 4.69) is 62.2 Å². The molecular formula is C17H30N2. The smallest absolute Gasteiger partial charge is 0.0366 e. The zero-order chi connectivity index (χ0) is 14.1. The van der Waals surface area contributed by atoms with Crippen molar-refractivity contribution < 1.29 is 0 Å². The van der Waals surface area contributed by atoms with Crippen molar-refractivity contribution in [1.29, 1.82) is 0 Å². The molecule has 0 aliphatic heterocycles. The Bertz CT molecular complexity index is 324. The predicted molar refractivity (Wildman–Crippen MR) is 85.8 cm³/mol. The van der Waals surface area contributed by atoms with Gasteiger partial charge in [0.15, 0.2) is 0 Å². The summed E-state index contributed by atoms with van der Waals surface area (Å²) < 4.78 is 0. The molecule has 0 amide bonds. The first kappa shape index (κ1) is 16.0. The first-order chi connectivity index (χ1) is 9.17. The largest absolute Gasteiger partial charge is 0.372 e. The van der Waals surface area contributed by atoms with E-state index in [1.165, 1.54) is 24.1 Å². The van der Waals surface area contributed by atoms with E-state index in [1.807, 2.05) is 0 Å². The van der Waals surface area contributed by atoms with Crippen molar-refractivity contribution in [2.75, 3.05) is 24.5 Å². The summed E-state index contributed by atoms with van der Waals surface area (Å²) in [5.41, 5.74) is 2.73. The van der Waals surface area contributed by atoms with E-state index in [0.717, 1.165) is 26.2 Å². The van der Waals surface area contributed by atoms with E-state index < -0.39 is 0 Å². The van der Waals surface area contributed by atoms with E-state index in [4.69, 9.17) is 0 Å². The molecule has 0 aliphatic rings. The molecule has 0 saturated heterocycles. The van der Waals surface area contributed by atoms with E-state index in [9.17, 15) is 0 Å². The van der Waals surface area contributed by atoms with E-state index >= 15 is 0 Å². The average molecular weight is 262 g/mol. The van der Waals surface area contributed by atoms with Crippen LogP contribution in [-0.4, -0.2) is 19.6 Å². The Morgan fingerprint density at radius 1 is 1.00 bits per heavy atom. The minimum absolute atomic E-state index is 0.712. The molecular weight excluding hydrogens is 232 g/mol. The Morgan fingerprint density at radius 3 is 2.05 bits per heavy atom. The van der Waals surface area contributed by atoms with Crippen LogP contribution in [0.3, 0.4) is 0 Å². The summed E-state index contributed by atoms with van der Waals surface area (Å²) in [7, 11) is 0. The summed E-state index contributed by atoms with van der Waals surface area (Å²) in [5.74, 6) is 0.712. The third kappa shape index (κ3) is 6.11. The van der Waals surface area contributed by atoms with Crippen LogP contribution in [0.1, 0.15) is 46.1 Å². The second-order valence-electron chi connectivity index (χ2n) is 5.68. The quantitative estimate of drug-likeness (QED) is 0.722. The third-order valence-electron chi connectivity index (χ3n) is 3.17. The lowest BCUT2D eigenvalue weighted by atomic mass is 10.1. The molecule has 0 saturated carbocycles. The molecule has 1 aromatic rings. The van der Waals surface area contributed by atoms with Gasteiger partial charge in [0.1, 0.15) is 0 Å². The lowest BCUT2D eigenvalue weighted by Crippen LogP contribution is -2.24. The van der Waals surface area contributed by atoms with Crippen molar-refractivity contribution in [3.8, 4) is 0 Å². The van der Waals surface area contributed by atoms with Gasteiger partial charge in [-0.05, 0) is 43.0 Å². The molecule has 0 radical (unpaired) electrons. The van der Waals surface area contributed by atoms with Gasteiger partial charge >= 0.3 is 0 Å². The Labute approximate surface area is 119 Å². The number of benzene rings is 1. The topological polar surface area (TPSA) is 15.3 Å². The van der Waals surface area contributed by atoms with Crippen molar-refractivity contribution in [2.24, 2.45) is 5.92 Å². The molecule has 2 heteroatoms. The number of hydrogen-bond donors (Lipinski definition) is 1. The van der Waals surface area contributed by atoms with Gasteiger partial charge in [-0.25, -0.2) is 0 Å². The molecule has 1 aromatic carbocycles.